The first-order valence-electron chi connectivity index (χ1n) is 5.26. The van der Waals surface area contributed by atoms with Crippen LogP contribution in [0.4, 0.5) is 13.2 Å². The third-order valence-corrected chi connectivity index (χ3v) is 2.65. The third-order valence-electron chi connectivity index (χ3n) is 2.65. The number of halogens is 3. The Bertz CT molecular complexity index is 231. The summed E-state index contributed by atoms with van der Waals surface area (Å²) in [5, 5.41) is 0. The molecule has 0 bridgehead atoms. The van der Waals surface area contributed by atoms with Crippen molar-refractivity contribution in [3.05, 3.63) is 0 Å². The number of hydrogen-bond donors (Lipinski definition) is 1. The van der Waals surface area contributed by atoms with Crippen LogP contribution in [0.2, 0.25) is 0 Å². The van der Waals surface area contributed by atoms with Crippen LogP contribution >= 0.6 is 0 Å². The van der Waals surface area contributed by atoms with Crippen molar-refractivity contribution in [3.63, 3.8) is 0 Å². The number of carbonyl (C=O) groups excluding carboxylic acids is 1. The molecule has 0 radical (unpaired) electrons. The van der Waals surface area contributed by atoms with Crippen molar-refractivity contribution in [1.82, 2.24) is 4.90 Å². The maximum absolute atomic E-state index is 11.9. The monoisotopic (exact) mass is 240 g/mol. The molecular weight excluding hydrogens is 221 g/mol. The molecule has 16 heavy (non-hydrogen) atoms. The summed E-state index contributed by atoms with van der Waals surface area (Å²) in [4.78, 5) is 12.6. The molecule has 0 saturated carbocycles. The summed E-state index contributed by atoms with van der Waals surface area (Å²) in [6, 6.07) is -0.719. The highest BCUT2D eigenvalue weighted by Crippen LogP contribution is 2.19. The Balaban J connectivity index is 4.18. The Kier molecular flexibility index (Phi) is 5.78. The fourth-order valence-corrected chi connectivity index (χ4v) is 1.16. The van der Waals surface area contributed by atoms with Crippen LogP contribution in [0.1, 0.15) is 26.7 Å². The Morgan fingerprint density at radius 2 is 1.94 bits per heavy atom. The second-order valence-corrected chi connectivity index (χ2v) is 4.04. The van der Waals surface area contributed by atoms with Gasteiger partial charge in [-0.1, -0.05) is 20.3 Å². The van der Waals surface area contributed by atoms with E-state index in [2.05, 4.69) is 0 Å². The zero-order valence-electron chi connectivity index (χ0n) is 9.84. The minimum absolute atomic E-state index is 0.0270. The summed E-state index contributed by atoms with van der Waals surface area (Å²) < 4.78 is 35.8. The molecule has 6 heteroatoms. The van der Waals surface area contributed by atoms with E-state index in [1.54, 1.807) is 6.92 Å². The van der Waals surface area contributed by atoms with Crippen molar-refractivity contribution in [1.29, 1.82) is 0 Å². The first-order valence-corrected chi connectivity index (χ1v) is 5.26. The lowest BCUT2D eigenvalue weighted by Crippen LogP contribution is -2.46. The molecular formula is C10H19F3N2O. The van der Waals surface area contributed by atoms with Gasteiger partial charge in [-0.3, -0.25) is 4.79 Å². The van der Waals surface area contributed by atoms with Crippen molar-refractivity contribution in [2.24, 2.45) is 11.7 Å². The van der Waals surface area contributed by atoms with E-state index in [-0.39, 0.29) is 12.5 Å². The first kappa shape index (κ1) is 15.2. The van der Waals surface area contributed by atoms with E-state index in [9.17, 15) is 18.0 Å². The summed E-state index contributed by atoms with van der Waals surface area (Å²) in [6.07, 6.45) is -4.52. The fourth-order valence-electron chi connectivity index (χ4n) is 1.16. The van der Waals surface area contributed by atoms with E-state index in [0.29, 0.717) is 0 Å². The molecule has 1 unspecified atom stereocenters. The number of alkyl halides is 3. The maximum atomic E-state index is 11.9. The molecule has 0 rings (SSSR count). The minimum Gasteiger partial charge on any atom is -0.344 e. The SMILES string of the molecule is CCC(C)[C@H](N)C(=O)N(C)CCC(F)(F)F. The predicted molar refractivity (Wildman–Crippen MR) is 55.7 cm³/mol. The van der Waals surface area contributed by atoms with Crippen LogP contribution in [-0.4, -0.2) is 36.6 Å². The van der Waals surface area contributed by atoms with E-state index in [4.69, 9.17) is 5.73 Å². The van der Waals surface area contributed by atoms with E-state index in [1.807, 2.05) is 6.92 Å². The molecule has 0 spiro atoms. The normalized spacial score (nSPS) is 15.7. The standard InChI is InChI=1S/C10H19F3N2O/c1-4-7(2)8(14)9(16)15(3)6-5-10(11,12)13/h7-8H,4-6,14H2,1-3H3/t7?,8-/m0/s1. The number of amides is 1. The highest BCUT2D eigenvalue weighted by atomic mass is 19.4. The molecule has 2 N–H and O–H groups in total. The van der Waals surface area contributed by atoms with Crippen molar-refractivity contribution < 1.29 is 18.0 Å². The van der Waals surface area contributed by atoms with E-state index in [1.165, 1.54) is 7.05 Å². The van der Waals surface area contributed by atoms with Crippen molar-refractivity contribution in [3.8, 4) is 0 Å². The van der Waals surface area contributed by atoms with Crippen molar-refractivity contribution in [2.75, 3.05) is 13.6 Å². The minimum atomic E-state index is -4.24. The number of likely N-dealkylation sites (N-methyl/N-ethyl adjacent to an activating group) is 1. The van der Waals surface area contributed by atoms with Gasteiger partial charge in [0.1, 0.15) is 0 Å². The molecule has 96 valence electrons. The van der Waals surface area contributed by atoms with Gasteiger partial charge in [0.2, 0.25) is 5.91 Å². The van der Waals surface area contributed by atoms with Crippen LogP contribution in [0.3, 0.4) is 0 Å². The fraction of sp³-hybridized carbons (Fsp3) is 0.900. The second-order valence-electron chi connectivity index (χ2n) is 4.04. The van der Waals surface area contributed by atoms with Gasteiger partial charge in [0.15, 0.2) is 0 Å². The van der Waals surface area contributed by atoms with Gasteiger partial charge >= 0.3 is 6.18 Å². The predicted octanol–water partition coefficient (Wildman–Crippen LogP) is 1.77. The van der Waals surface area contributed by atoms with Crippen LogP contribution in [0.15, 0.2) is 0 Å². The van der Waals surface area contributed by atoms with Crippen molar-refractivity contribution in [2.45, 2.75) is 38.9 Å². The quantitative estimate of drug-likeness (QED) is 0.796. The average molecular weight is 240 g/mol. The molecule has 0 saturated heterocycles. The molecule has 0 aromatic heterocycles. The van der Waals surface area contributed by atoms with Crippen LogP contribution in [-0.2, 0) is 4.79 Å². The van der Waals surface area contributed by atoms with E-state index < -0.39 is 24.5 Å². The van der Waals surface area contributed by atoms with Gasteiger partial charge < -0.3 is 10.6 Å². The van der Waals surface area contributed by atoms with Gasteiger partial charge in [0.25, 0.3) is 0 Å². The maximum Gasteiger partial charge on any atom is 0.390 e. The summed E-state index contributed by atoms with van der Waals surface area (Å²) in [5.74, 6) is -0.459. The van der Waals surface area contributed by atoms with Gasteiger partial charge in [-0.2, -0.15) is 13.2 Å². The average Bonchev–Trinajstić information content (AvgIpc) is 2.21. The third kappa shape index (κ3) is 5.34. The second kappa shape index (κ2) is 6.08. The Morgan fingerprint density at radius 1 is 1.44 bits per heavy atom. The molecule has 2 atom stereocenters. The van der Waals surface area contributed by atoms with Gasteiger partial charge in [-0.15, -0.1) is 0 Å². The van der Waals surface area contributed by atoms with E-state index in [0.717, 1.165) is 11.3 Å². The molecule has 0 aliphatic carbocycles. The smallest absolute Gasteiger partial charge is 0.344 e. The van der Waals surface area contributed by atoms with Gasteiger partial charge in [0, 0.05) is 13.6 Å². The van der Waals surface area contributed by atoms with Crippen LogP contribution in [0.5, 0.6) is 0 Å². The summed E-state index contributed by atoms with van der Waals surface area (Å²) >= 11 is 0. The van der Waals surface area contributed by atoms with Gasteiger partial charge in [-0.25, -0.2) is 0 Å². The number of nitrogens with two attached hydrogens (primary N) is 1. The lowest BCUT2D eigenvalue weighted by Gasteiger charge is -2.24. The number of rotatable bonds is 5. The lowest BCUT2D eigenvalue weighted by molar-refractivity contribution is -0.145. The summed E-state index contributed by atoms with van der Waals surface area (Å²) in [5.41, 5.74) is 5.64. The zero-order valence-corrected chi connectivity index (χ0v) is 9.84. The van der Waals surface area contributed by atoms with Gasteiger partial charge in [-0.05, 0) is 5.92 Å². The molecule has 0 heterocycles. The van der Waals surface area contributed by atoms with Crippen LogP contribution in [0.25, 0.3) is 0 Å². The molecule has 0 aliphatic heterocycles. The van der Waals surface area contributed by atoms with Crippen LogP contribution in [0, 0.1) is 5.92 Å². The Hall–Kier alpha value is -0.780. The summed E-state index contributed by atoms with van der Waals surface area (Å²) in [6.45, 7) is 3.35. The number of hydrogen-bond acceptors (Lipinski definition) is 2. The molecule has 3 nitrogen and oxygen atoms in total. The number of nitrogens with zero attached hydrogens (tertiary/aromatic N) is 1. The highest BCUT2D eigenvalue weighted by Gasteiger charge is 2.29. The number of carbonyl (C=O) groups is 1. The molecule has 0 fully saturated rings. The topological polar surface area (TPSA) is 46.3 Å². The molecule has 0 aromatic rings. The first-order chi connectivity index (χ1) is 7.19. The van der Waals surface area contributed by atoms with Crippen molar-refractivity contribution >= 4 is 5.91 Å². The summed E-state index contributed by atoms with van der Waals surface area (Å²) in [7, 11) is 1.34. The molecule has 1 amide bonds. The largest absolute Gasteiger partial charge is 0.390 e. The zero-order chi connectivity index (χ0) is 12.9. The highest BCUT2D eigenvalue weighted by molar-refractivity contribution is 5.81. The van der Waals surface area contributed by atoms with E-state index >= 15 is 0 Å². The van der Waals surface area contributed by atoms with Crippen LogP contribution < -0.4 is 5.73 Å². The Labute approximate surface area is 93.8 Å². The Morgan fingerprint density at radius 3 is 2.31 bits per heavy atom. The molecule has 0 aliphatic rings. The molecule has 0 aromatic carbocycles. The lowest BCUT2D eigenvalue weighted by atomic mass is 9.99. The van der Waals surface area contributed by atoms with Gasteiger partial charge in [0.05, 0.1) is 12.5 Å².